The zero-order valence-corrected chi connectivity index (χ0v) is 38.6. The van der Waals surface area contributed by atoms with Crippen LogP contribution in [0, 0.1) is 11.8 Å². The summed E-state index contributed by atoms with van der Waals surface area (Å²) >= 11 is 0. The van der Waals surface area contributed by atoms with Gasteiger partial charge in [-0.2, -0.15) is 8.42 Å². The van der Waals surface area contributed by atoms with Gasteiger partial charge in [-0.05, 0) is 50.0 Å². The smallest absolute Gasteiger partial charge is 0.397 e. The third-order valence-corrected chi connectivity index (χ3v) is 12.1. The van der Waals surface area contributed by atoms with Crippen molar-refractivity contribution in [3.63, 3.8) is 0 Å². The van der Waals surface area contributed by atoms with Gasteiger partial charge in [0.05, 0.1) is 0 Å². The predicted molar refractivity (Wildman–Crippen MR) is 233 cm³/mol. The number of ether oxygens (including phenoxy) is 2. The summed E-state index contributed by atoms with van der Waals surface area (Å²) in [5.74, 6) is -7.91. The van der Waals surface area contributed by atoms with Crippen LogP contribution in [0.5, 0.6) is 0 Å². The molecule has 0 radical (unpaired) electrons. The van der Waals surface area contributed by atoms with E-state index in [1.807, 2.05) is 6.92 Å². The van der Waals surface area contributed by atoms with Gasteiger partial charge in [-0.15, -0.1) is 0 Å². The van der Waals surface area contributed by atoms with Crippen LogP contribution in [0.2, 0.25) is 0 Å². The Labute approximate surface area is 379 Å². The number of fused-ring (bicyclic) bond motifs is 2. The molecule has 2 heterocycles. The second kappa shape index (κ2) is 24.7. The van der Waals surface area contributed by atoms with Crippen molar-refractivity contribution in [2.75, 3.05) is 27.3 Å². The molecular formula is C41H65N9O14S. The highest BCUT2D eigenvalue weighted by Gasteiger charge is 2.47. The summed E-state index contributed by atoms with van der Waals surface area (Å²) in [5, 5.41) is 20.5. The molecule has 24 heteroatoms. The van der Waals surface area contributed by atoms with E-state index in [2.05, 4.69) is 30.4 Å². The zero-order chi connectivity index (χ0) is 48.8. The van der Waals surface area contributed by atoms with Crippen molar-refractivity contribution in [2.45, 2.75) is 134 Å². The predicted octanol–water partition coefficient (Wildman–Crippen LogP) is -1.77. The molecule has 65 heavy (non-hydrogen) atoms. The van der Waals surface area contributed by atoms with Gasteiger partial charge in [0.15, 0.2) is 12.1 Å². The number of amides is 6. The van der Waals surface area contributed by atoms with E-state index < -0.39 is 125 Å². The van der Waals surface area contributed by atoms with Gasteiger partial charge < -0.3 is 57.1 Å². The van der Waals surface area contributed by atoms with E-state index in [1.165, 1.54) is 30.9 Å². The van der Waals surface area contributed by atoms with Crippen LogP contribution in [-0.2, 0) is 64.0 Å². The molecular weight excluding hydrogens is 875 g/mol. The summed E-state index contributed by atoms with van der Waals surface area (Å²) in [4.78, 5) is 106. The molecule has 0 aliphatic carbocycles. The number of carbonyl (C=O) groups is 7. The number of piperidine rings is 1. The maximum Gasteiger partial charge on any atom is 0.397 e. The number of cyclic esters (lactones) is 1. The number of aliphatic imine (C=N–C) groups is 1. The molecule has 2 fully saturated rings. The first-order chi connectivity index (χ1) is 30.5. The molecule has 23 nitrogen and oxygen atoms in total. The summed E-state index contributed by atoms with van der Waals surface area (Å²) in [7, 11) is -2.31. The van der Waals surface area contributed by atoms with Crippen LogP contribution >= 0.6 is 0 Å². The van der Waals surface area contributed by atoms with Crippen LogP contribution in [0.3, 0.4) is 0 Å². The van der Waals surface area contributed by atoms with E-state index in [4.69, 9.17) is 25.5 Å². The highest BCUT2D eigenvalue weighted by molar-refractivity contribution is 7.80. The monoisotopic (exact) mass is 939 g/mol. The van der Waals surface area contributed by atoms with Gasteiger partial charge in [-0.1, -0.05) is 70.9 Å². The summed E-state index contributed by atoms with van der Waals surface area (Å²) in [5.41, 5.74) is 11.6. The highest BCUT2D eigenvalue weighted by atomic mass is 32.3. The van der Waals surface area contributed by atoms with E-state index in [0.29, 0.717) is 18.4 Å². The molecule has 2 aliphatic rings. The van der Waals surface area contributed by atoms with Gasteiger partial charge in [0.25, 0.3) is 5.91 Å². The first kappa shape index (κ1) is 53.9. The Balaban J connectivity index is 2.26. The Kier molecular flexibility index (Phi) is 20.5. The Morgan fingerprint density at radius 1 is 0.969 bits per heavy atom. The Hall–Kier alpha value is -5.43. The average Bonchev–Trinajstić information content (AvgIpc) is 3.26. The Morgan fingerprint density at radius 2 is 1.62 bits per heavy atom. The number of guanidine groups is 1. The van der Waals surface area contributed by atoms with Crippen LogP contribution in [0.4, 0.5) is 0 Å². The van der Waals surface area contributed by atoms with Crippen LogP contribution < -0.4 is 32.7 Å². The van der Waals surface area contributed by atoms with Crippen molar-refractivity contribution >= 4 is 57.8 Å². The fraction of sp³-hybridized carbons (Fsp3) is 0.659. The van der Waals surface area contributed by atoms with Gasteiger partial charge in [0.2, 0.25) is 29.5 Å². The number of aliphatic hydroxyl groups excluding tert-OH is 1. The lowest BCUT2D eigenvalue weighted by Crippen LogP contribution is -2.66. The minimum Gasteiger partial charge on any atom is -0.458 e. The zero-order valence-electron chi connectivity index (χ0n) is 37.8. The number of aliphatic hydroxyl groups is 1. The molecule has 0 unspecified atom stereocenters. The maximum absolute atomic E-state index is 15.0. The topological polar surface area (TPSA) is 341 Å². The Bertz CT molecular complexity index is 1970. The molecule has 1 aromatic carbocycles. The lowest BCUT2D eigenvalue weighted by atomic mass is 9.91. The standard InChI is InChI=1S/C41H65N9O14S/c1-8-22(3)31-40(58)64-24(5)32(48-36(54)29(51)21-63-65(59,60)61)37(55)45-26(16-13-19-44-41(42)43)34(52)46-27-17-18-30(62-7)50(38(27)56)33(23(4)9-2)39(57)49(6)28(35(53)47-31)20-25-14-11-10-12-15-25/h10-12,14-15,22-24,26-33,51H,8-9,13,16-21H2,1-7H3,(H,45,55)(H,46,52)(H,47,53)(H,48,54)(H4,42,43,44)(H,59,60,61)/t22-,23-,24-,26+,27+,28+,29+,30-,31+,32+,33-/m1/s1. The molecule has 2 aliphatic heterocycles. The molecule has 0 aromatic heterocycles. The number of rotatable bonds is 16. The van der Waals surface area contributed by atoms with Gasteiger partial charge in [0, 0.05) is 27.1 Å². The molecule has 10 N–H and O–H groups in total. The third-order valence-electron chi connectivity index (χ3n) is 11.7. The van der Waals surface area contributed by atoms with Gasteiger partial charge in [-0.25, -0.2) is 8.98 Å². The number of methoxy groups -OCH3 is 1. The molecule has 6 amide bonds. The Morgan fingerprint density at radius 3 is 2.20 bits per heavy atom. The number of carbonyl (C=O) groups excluding carboxylic acids is 7. The summed E-state index contributed by atoms with van der Waals surface area (Å²) in [6, 6.07) is 0.291. The van der Waals surface area contributed by atoms with Crippen molar-refractivity contribution in [2.24, 2.45) is 28.3 Å². The van der Waals surface area contributed by atoms with Crippen molar-refractivity contribution in [3.8, 4) is 0 Å². The number of nitrogens with two attached hydrogens (primary N) is 2. The van der Waals surface area contributed by atoms with Crippen molar-refractivity contribution in [1.82, 2.24) is 31.1 Å². The van der Waals surface area contributed by atoms with E-state index in [1.54, 1.807) is 51.1 Å². The third kappa shape index (κ3) is 15.3. The number of hydrogen-bond acceptors (Lipinski definition) is 14. The first-order valence-electron chi connectivity index (χ1n) is 21.5. The fourth-order valence-electron chi connectivity index (χ4n) is 7.46. The fourth-order valence-corrected chi connectivity index (χ4v) is 7.76. The number of esters is 1. The van der Waals surface area contributed by atoms with Crippen molar-refractivity contribution < 1.29 is 65.3 Å². The van der Waals surface area contributed by atoms with Crippen LogP contribution in [-0.4, -0.2) is 157 Å². The number of benzene rings is 1. The maximum atomic E-state index is 15.0. The molecule has 11 atom stereocenters. The molecule has 1 aromatic rings. The van der Waals surface area contributed by atoms with Crippen molar-refractivity contribution in [1.29, 1.82) is 0 Å². The second-order valence-corrected chi connectivity index (χ2v) is 17.4. The van der Waals surface area contributed by atoms with Gasteiger partial charge >= 0.3 is 16.4 Å². The van der Waals surface area contributed by atoms with E-state index >= 15 is 0 Å². The number of likely N-dealkylation sites (N-methyl/N-ethyl adjacent to an activating group) is 1. The summed E-state index contributed by atoms with van der Waals surface area (Å²) in [6.45, 7) is 6.93. The summed E-state index contributed by atoms with van der Waals surface area (Å²) in [6.07, 6.45) is -3.99. The number of nitrogens with zero attached hydrogens (tertiary/aromatic N) is 3. The molecule has 0 spiro atoms. The van der Waals surface area contributed by atoms with Crippen LogP contribution in [0.15, 0.2) is 35.3 Å². The lowest BCUT2D eigenvalue weighted by Gasteiger charge is -2.46. The molecule has 0 saturated carbocycles. The second-order valence-electron chi connectivity index (χ2n) is 16.3. The molecule has 364 valence electrons. The highest BCUT2D eigenvalue weighted by Crippen LogP contribution is 2.29. The SMILES string of the molecule is CC[C@@H](C)[C@@H]1NC(=O)[C@H](Cc2ccccc2)N(C)C(=O)[C@@H]([C@H](C)CC)N2C(=O)[C@H](CC[C@H]2OC)NC(=O)[C@H](CCCN=C(N)N)NC(=O)[C@@H](NC(=O)[C@@H](O)COS(=O)(=O)O)[C@@H](C)OC1=O. The molecule has 2 bridgehead atoms. The van der Waals surface area contributed by atoms with E-state index in [0.717, 1.165) is 0 Å². The van der Waals surface area contributed by atoms with Crippen LogP contribution in [0.25, 0.3) is 0 Å². The minimum atomic E-state index is -5.11. The average molecular weight is 940 g/mol. The van der Waals surface area contributed by atoms with E-state index in [9.17, 15) is 47.1 Å². The normalized spacial score (nSPS) is 26.8. The summed E-state index contributed by atoms with van der Waals surface area (Å²) < 4.78 is 46.9. The van der Waals surface area contributed by atoms with Gasteiger partial charge in [-0.3, -0.25) is 38.3 Å². The first-order valence-corrected chi connectivity index (χ1v) is 22.8. The quantitative estimate of drug-likeness (QED) is 0.0299. The lowest BCUT2D eigenvalue weighted by molar-refractivity contribution is -0.171. The van der Waals surface area contributed by atoms with Crippen LogP contribution in [0.1, 0.15) is 78.7 Å². The molecule has 2 saturated heterocycles. The minimum absolute atomic E-state index is 0.00197. The van der Waals surface area contributed by atoms with Crippen molar-refractivity contribution in [3.05, 3.63) is 35.9 Å². The van der Waals surface area contributed by atoms with E-state index in [-0.39, 0.29) is 44.6 Å². The number of nitrogens with one attached hydrogen (secondary N) is 4. The van der Waals surface area contributed by atoms with Gasteiger partial charge in [0.1, 0.15) is 55.2 Å². The number of hydrogen-bond donors (Lipinski definition) is 8. The largest absolute Gasteiger partial charge is 0.458 e. The molecule has 3 rings (SSSR count).